The first-order valence-electron chi connectivity index (χ1n) is 3.98. The van der Waals surface area contributed by atoms with E-state index in [0.29, 0.717) is 0 Å². The smallest absolute Gasteiger partial charge is 0.0703 e. The van der Waals surface area contributed by atoms with E-state index in [0.717, 1.165) is 22.0 Å². The molecule has 61 valence electrons. The lowest BCUT2D eigenvalue weighted by Crippen LogP contribution is -1.82. The Labute approximate surface area is 77.4 Å². The Balaban J connectivity index is 2.77. The maximum absolute atomic E-state index is 5.29. The van der Waals surface area contributed by atoms with Crippen LogP contribution in [0.4, 0.5) is 0 Å². The maximum atomic E-state index is 5.29. The summed E-state index contributed by atoms with van der Waals surface area (Å²) in [7, 11) is 0. The van der Waals surface area contributed by atoms with Crippen molar-refractivity contribution in [3.8, 4) is 12.3 Å². The van der Waals surface area contributed by atoms with Gasteiger partial charge in [-0.05, 0) is 36.8 Å². The summed E-state index contributed by atoms with van der Waals surface area (Å²) in [5.41, 5.74) is 2.73. The van der Waals surface area contributed by atoms with Crippen LogP contribution < -0.4 is 0 Å². The fraction of sp³-hybridized carbons (Fsp3) is 0. The average molecular weight is 166 g/mol. The van der Waals surface area contributed by atoms with Gasteiger partial charge in [-0.25, -0.2) is 0 Å². The molecule has 1 aromatic carbocycles. The molecule has 0 fully saturated rings. The van der Waals surface area contributed by atoms with Crippen LogP contribution in [-0.4, -0.2) is 4.98 Å². The van der Waals surface area contributed by atoms with E-state index in [9.17, 15) is 0 Å². The molecule has 1 radical (unpaired) electrons. The minimum Gasteiger partial charge on any atom is -0.256 e. The van der Waals surface area contributed by atoms with Crippen LogP contribution in [0.3, 0.4) is 0 Å². The molecule has 0 bridgehead atoms. The molecule has 0 aliphatic heterocycles. The number of pyridine rings is 1. The molecule has 1 heteroatoms. The van der Waals surface area contributed by atoms with Gasteiger partial charge in [0.05, 0.1) is 5.52 Å². The van der Waals surface area contributed by atoms with Gasteiger partial charge in [-0.2, -0.15) is 0 Å². The topological polar surface area (TPSA) is 12.9 Å². The molecule has 13 heavy (non-hydrogen) atoms. The average Bonchev–Trinajstić information content (AvgIpc) is 2.16. The van der Waals surface area contributed by atoms with Crippen molar-refractivity contribution < 1.29 is 0 Å². The van der Waals surface area contributed by atoms with Crippen LogP contribution in [0.1, 0.15) is 11.1 Å². The van der Waals surface area contributed by atoms with Gasteiger partial charge in [-0.15, -0.1) is 6.42 Å². The second kappa shape index (κ2) is 2.91. The van der Waals surface area contributed by atoms with Gasteiger partial charge >= 0.3 is 0 Å². The zero-order chi connectivity index (χ0) is 9.26. The molecule has 0 N–H and O–H groups in total. The summed E-state index contributed by atoms with van der Waals surface area (Å²) in [6.07, 6.45) is 7.04. The van der Waals surface area contributed by atoms with Crippen molar-refractivity contribution in [1.29, 1.82) is 0 Å². The van der Waals surface area contributed by atoms with Crippen molar-refractivity contribution in [3.63, 3.8) is 0 Å². The first kappa shape index (κ1) is 7.82. The highest BCUT2D eigenvalue weighted by Gasteiger charge is 1.95. The van der Waals surface area contributed by atoms with Gasteiger partial charge in [-0.3, -0.25) is 4.98 Å². The highest BCUT2D eigenvalue weighted by Crippen LogP contribution is 2.14. The van der Waals surface area contributed by atoms with Gasteiger partial charge < -0.3 is 0 Å². The first-order valence-corrected chi connectivity index (χ1v) is 3.98. The number of nitrogens with zero attached hydrogens (tertiary/aromatic N) is 1. The standard InChI is InChI=1S/C12H8N/c1-3-10-4-5-12-11(7-10)6-9(2)8-13-12/h1,4-8H,2H2. The second-order valence-electron chi connectivity index (χ2n) is 2.90. The van der Waals surface area contributed by atoms with Gasteiger partial charge in [-0.1, -0.05) is 5.92 Å². The Morgan fingerprint density at radius 1 is 1.31 bits per heavy atom. The van der Waals surface area contributed by atoms with E-state index >= 15 is 0 Å². The molecule has 0 atom stereocenters. The molecule has 0 spiro atoms. The largest absolute Gasteiger partial charge is 0.256 e. The molecule has 0 aliphatic carbocycles. The highest BCUT2D eigenvalue weighted by molar-refractivity contribution is 5.80. The summed E-state index contributed by atoms with van der Waals surface area (Å²) in [5, 5.41) is 1.04. The van der Waals surface area contributed by atoms with Gasteiger partial charge in [0, 0.05) is 17.1 Å². The lowest BCUT2D eigenvalue weighted by molar-refractivity contribution is 1.38. The second-order valence-corrected chi connectivity index (χ2v) is 2.90. The summed E-state index contributed by atoms with van der Waals surface area (Å²) in [6.45, 7) is 3.81. The number of hydrogen-bond donors (Lipinski definition) is 0. The van der Waals surface area contributed by atoms with E-state index in [1.165, 1.54) is 0 Å². The van der Waals surface area contributed by atoms with Crippen molar-refractivity contribution >= 4 is 10.9 Å². The van der Waals surface area contributed by atoms with E-state index in [1.54, 1.807) is 6.20 Å². The molecule has 0 saturated carbocycles. The normalized spacial score (nSPS) is 9.85. The van der Waals surface area contributed by atoms with Crippen molar-refractivity contribution in [2.75, 3.05) is 0 Å². The molecule has 2 aromatic rings. The predicted molar refractivity (Wildman–Crippen MR) is 54.1 cm³/mol. The van der Waals surface area contributed by atoms with E-state index in [1.807, 2.05) is 24.3 Å². The minimum atomic E-state index is 0.875. The molecule has 0 saturated heterocycles. The van der Waals surface area contributed by atoms with Crippen LogP contribution in [0.2, 0.25) is 0 Å². The van der Waals surface area contributed by atoms with Crippen molar-refractivity contribution in [2.45, 2.75) is 0 Å². The van der Waals surface area contributed by atoms with Gasteiger partial charge in [0.15, 0.2) is 0 Å². The number of terminal acetylenes is 1. The zero-order valence-corrected chi connectivity index (χ0v) is 7.12. The van der Waals surface area contributed by atoms with Crippen LogP contribution in [0.25, 0.3) is 10.9 Å². The molecule has 0 unspecified atom stereocenters. The lowest BCUT2D eigenvalue weighted by atomic mass is 10.1. The minimum absolute atomic E-state index is 0.875. The number of fused-ring (bicyclic) bond motifs is 1. The molecule has 1 heterocycles. The van der Waals surface area contributed by atoms with E-state index < -0.39 is 0 Å². The van der Waals surface area contributed by atoms with Gasteiger partial charge in [0.2, 0.25) is 0 Å². The monoisotopic (exact) mass is 166 g/mol. The van der Waals surface area contributed by atoms with E-state index in [4.69, 9.17) is 6.42 Å². The first-order chi connectivity index (χ1) is 6.29. The molecule has 1 aromatic heterocycles. The number of benzene rings is 1. The molecule has 2 rings (SSSR count). The molecule has 0 aliphatic rings. The molecule has 1 nitrogen and oxygen atoms in total. The highest BCUT2D eigenvalue weighted by atomic mass is 14.6. The van der Waals surface area contributed by atoms with E-state index in [-0.39, 0.29) is 0 Å². The van der Waals surface area contributed by atoms with Gasteiger partial charge in [0.1, 0.15) is 0 Å². The Hall–Kier alpha value is -1.81. The van der Waals surface area contributed by atoms with Gasteiger partial charge in [0.25, 0.3) is 0 Å². The SMILES string of the molecule is C#Cc1ccc2ncc([CH2])cc2c1. The van der Waals surface area contributed by atoms with Crippen molar-refractivity contribution in [3.05, 3.63) is 48.5 Å². The van der Waals surface area contributed by atoms with Crippen LogP contribution in [0, 0.1) is 19.3 Å². The van der Waals surface area contributed by atoms with Crippen LogP contribution in [0.15, 0.2) is 30.5 Å². The van der Waals surface area contributed by atoms with Crippen molar-refractivity contribution in [2.24, 2.45) is 0 Å². The molecular weight excluding hydrogens is 158 g/mol. The fourth-order valence-corrected chi connectivity index (χ4v) is 1.27. The summed E-state index contributed by atoms with van der Waals surface area (Å²) >= 11 is 0. The lowest BCUT2D eigenvalue weighted by Gasteiger charge is -1.98. The Morgan fingerprint density at radius 3 is 2.92 bits per heavy atom. The fourth-order valence-electron chi connectivity index (χ4n) is 1.27. The quantitative estimate of drug-likeness (QED) is 0.547. The Morgan fingerprint density at radius 2 is 2.15 bits per heavy atom. The van der Waals surface area contributed by atoms with Crippen LogP contribution in [0.5, 0.6) is 0 Å². The third kappa shape index (κ3) is 1.39. The van der Waals surface area contributed by atoms with Crippen LogP contribution in [-0.2, 0) is 0 Å². The summed E-state index contributed by atoms with van der Waals surface area (Å²) in [5.74, 6) is 2.59. The predicted octanol–water partition coefficient (Wildman–Crippen LogP) is 2.40. The third-order valence-corrected chi connectivity index (χ3v) is 1.90. The number of rotatable bonds is 0. The molecule has 0 amide bonds. The van der Waals surface area contributed by atoms with E-state index in [2.05, 4.69) is 17.8 Å². The summed E-state index contributed by atoms with van der Waals surface area (Å²) in [4.78, 5) is 4.23. The van der Waals surface area contributed by atoms with Crippen LogP contribution >= 0.6 is 0 Å². The molecular formula is C12H8N. The summed E-state index contributed by atoms with van der Waals surface area (Å²) in [6, 6.07) is 7.72. The number of aromatic nitrogens is 1. The zero-order valence-electron chi connectivity index (χ0n) is 7.12. The Bertz CT molecular complexity index is 492. The number of hydrogen-bond acceptors (Lipinski definition) is 1. The third-order valence-electron chi connectivity index (χ3n) is 1.90. The summed E-state index contributed by atoms with van der Waals surface area (Å²) < 4.78 is 0. The van der Waals surface area contributed by atoms with Crippen molar-refractivity contribution in [1.82, 2.24) is 4.98 Å². The Kier molecular flexibility index (Phi) is 1.75. The maximum Gasteiger partial charge on any atom is 0.0703 e.